The third-order valence-corrected chi connectivity index (χ3v) is 3.91. The summed E-state index contributed by atoms with van der Waals surface area (Å²) in [6, 6.07) is 14.3. The Hall–Kier alpha value is 0.659. The van der Waals surface area contributed by atoms with Crippen LogP contribution in [0.25, 0.3) is 0 Å². The standard InChI is InChI=1S/C8H9Br2.C5H4Br.Fe/c9-6-2-4-7-3-1-5-8(7)10;6-5-3-1-2-4-5;/h1,3,5H,2,4,6H2;1-4H;/q2*-1;+2. The smallest absolute Gasteiger partial charge is 0.213 e. The molecule has 0 N–H and O–H groups in total. The van der Waals surface area contributed by atoms with E-state index in [0.29, 0.717) is 0 Å². The molecule has 0 saturated carbocycles. The zero-order chi connectivity index (χ0) is 11.8. The van der Waals surface area contributed by atoms with Gasteiger partial charge in [0.05, 0.1) is 0 Å². The number of hydrogen-bond donors (Lipinski definition) is 0. The molecular weight excluding hydrogens is 452 g/mol. The van der Waals surface area contributed by atoms with Crippen LogP contribution >= 0.6 is 47.8 Å². The van der Waals surface area contributed by atoms with E-state index >= 15 is 0 Å². The third-order valence-electron chi connectivity index (χ3n) is 2.05. The van der Waals surface area contributed by atoms with Crippen LogP contribution in [0.15, 0.2) is 51.4 Å². The Morgan fingerprint density at radius 1 is 1.18 bits per heavy atom. The molecule has 94 valence electrons. The molecule has 2 aromatic carbocycles. The molecule has 0 aliphatic carbocycles. The quantitative estimate of drug-likeness (QED) is 0.312. The predicted octanol–water partition coefficient (Wildman–Crippen LogP) is 5.66. The Labute approximate surface area is 139 Å². The van der Waals surface area contributed by atoms with Gasteiger partial charge >= 0.3 is 17.1 Å². The SMILES string of the molecule is BrCCC[c-]1cccc1Br.Brc1ccc[cH-]1.[Fe+2]. The van der Waals surface area contributed by atoms with E-state index in [1.807, 2.05) is 24.3 Å². The van der Waals surface area contributed by atoms with E-state index in [0.717, 1.165) is 9.80 Å². The van der Waals surface area contributed by atoms with Crippen LogP contribution in [0.2, 0.25) is 0 Å². The van der Waals surface area contributed by atoms with Gasteiger partial charge in [0, 0.05) is 5.33 Å². The van der Waals surface area contributed by atoms with Crippen LogP contribution in [-0.2, 0) is 23.5 Å². The molecule has 17 heavy (non-hydrogen) atoms. The van der Waals surface area contributed by atoms with Gasteiger partial charge in [0.2, 0.25) is 0 Å². The topological polar surface area (TPSA) is 0 Å². The summed E-state index contributed by atoms with van der Waals surface area (Å²) in [5, 5.41) is 1.09. The number of hydrogen-bond acceptors (Lipinski definition) is 0. The number of rotatable bonds is 3. The maximum absolute atomic E-state index is 3.48. The Morgan fingerprint density at radius 2 is 1.94 bits per heavy atom. The maximum atomic E-state index is 3.48. The fourth-order valence-corrected chi connectivity index (χ4v) is 2.31. The van der Waals surface area contributed by atoms with Gasteiger partial charge in [0.1, 0.15) is 0 Å². The molecule has 0 saturated heterocycles. The molecule has 0 aliphatic rings. The summed E-state index contributed by atoms with van der Waals surface area (Å²) in [7, 11) is 0. The minimum atomic E-state index is 0. The second-order valence-electron chi connectivity index (χ2n) is 3.29. The normalized spacial score (nSPS) is 9.12. The average molecular weight is 465 g/mol. The average Bonchev–Trinajstić information content (AvgIpc) is 2.88. The molecule has 4 heteroatoms. The van der Waals surface area contributed by atoms with Crippen molar-refractivity contribution < 1.29 is 17.1 Å². The first-order valence-corrected chi connectivity index (χ1v) is 7.78. The van der Waals surface area contributed by atoms with Crippen molar-refractivity contribution in [2.24, 2.45) is 0 Å². The van der Waals surface area contributed by atoms with Gasteiger partial charge in [-0.05, 0) is 6.42 Å². The van der Waals surface area contributed by atoms with Crippen LogP contribution < -0.4 is 0 Å². The zero-order valence-corrected chi connectivity index (χ0v) is 15.0. The number of halogens is 3. The van der Waals surface area contributed by atoms with Gasteiger partial charge in [-0.15, -0.1) is 10.0 Å². The van der Waals surface area contributed by atoms with Crippen LogP contribution in [0, 0.1) is 0 Å². The Kier molecular flexibility index (Phi) is 11.0. The van der Waals surface area contributed by atoms with Gasteiger partial charge in [-0.3, -0.25) is 0 Å². The van der Waals surface area contributed by atoms with E-state index in [-0.39, 0.29) is 17.1 Å². The van der Waals surface area contributed by atoms with Crippen molar-refractivity contribution in [2.45, 2.75) is 12.8 Å². The fraction of sp³-hybridized carbons (Fsp3) is 0.231. The first kappa shape index (κ1) is 17.7. The summed E-state index contributed by atoms with van der Waals surface area (Å²) in [4.78, 5) is 0. The van der Waals surface area contributed by atoms with Crippen LogP contribution in [0.4, 0.5) is 0 Å². The van der Waals surface area contributed by atoms with E-state index in [2.05, 4.69) is 66.0 Å². The maximum Gasteiger partial charge on any atom is 2.00 e. The van der Waals surface area contributed by atoms with E-state index in [1.54, 1.807) is 0 Å². The van der Waals surface area contributed by atoms with Gasteiger partial charge in [-0.1, -0.05) is 58.7 Å². The molecule has 0 atom stereocenters. The Morgan fingerprint density at radius 3 is 2.29 bits per heavy atom. The Balaban J connectivity index is 0.000000316. The largest absolute Gasteiger partial charge is 2.00 e. The molecule has 0 nitrogen and oxygen atoms in total. The summed E-state index contributed by atoms with van der Waals surface area (Å²) in [6.45, 7) is 0. The van der Waals surface area contributed by atoms with Gasteiger partial charge in [-0.2, -0.15) is 30.3 Å². The molecule has 2 rings (SSSR count). The van der Waals surface area contributed by atoms with E-state index < -0.39 is 0 Å². The molecule has 0 unspecified atom stereocenters. The van der Waals surface area contributed by atoms with E-state index in [9.17, 15) is 0 Å². The molecule has 0 aliphatic heterocycles. The van der Waals surface area contributed by atoms with Crippen LogP contribution in [0.1, 0.15) is 12.0 Å². The zero-order valence-electron chi connectivity index (χ0n) is 9.15. The van der Waals surface area contributed by atoms with Gasteiger partial charge in [0.25, 0.3) is 0 Å². The van der Waals surface area contributed by atoms with Crippen molar-refractivity contribution in [1.29, 1.82) is 0 Å². The van der Waals surface area contributed by atoms with Gasteiger partial charge in [-0.25, -0.2) is 12.1 Å². The molecule has 0 heterocycles. The molecule has 0 spiro atoms. The summed E-state index contributed by atoms with van der Waals surface area (Å²) < 4.78 is 2.40. The molecule has 2 aromatic rings. The first-order chi connectivity index (χ1) is 7.74. The monoisotopic (exact) mass is 462 g/mol. The predicted molar refractivity (Wildman–Crippen MR) is 81.6 cm³/mol. The summed E-state index contributed by atoms with van der Waals surface area (Å²) in [6.07, 6.45) is 2.38. The van der Waals surface area contributed by atoms with Gasteiger partial charge < -0.3 is 0 Å². The van der Waals surface area contributed by atoms with Crippen molar-refractivity contribution in [3.05, 3.63) is 57.0 Å². The van der Waals surface area contributed by atoms with Crippen molar-refractivity contribution in [3.63, 3.8) is 0 Å². The fourth-order valence-electron chi connectivity index (χ4n) is 1.25. The summed E-state index contributed by atoms with van der Waals surface area (Å²) in [5.41, 5.74) is 1.42. The number of alkyl halides is 1. The second-order valence-corrected chi connectivity index (χ2v) is 5.86. The van der Waals surface area contributed by atoms with Crippen molar-refractivity contribution in [3.8, 4) is 0 Å². The minimum Gasteiger partial charge on any atom is -0.213 e. The molecular formula is C13H13Br3Fe. The van der Waals surface area contributed by atoms with Gasteiger partial charge in [0.15, 0.2) is 0 Å². The Bertz CT molecular complexity index is 379. The molecule has 0 amide bonds. The molecule has 0 aromatic heterocycles. The van der Waals surface area contributed by atoms with Crippen molar-refractivity contribution >= 4 is 47.8 Å². The molecule has 0 fully saturated rings. The van der Waals surface area contributed by atoms with E-state index in [4.69, 9.17) is 0 Å². The first-order valence-electron chi connectivity index (χ1n) is 5.07. The van der Waals surface area contributed by atoms with Crippen molar-refractivity contribution in [1.82, 2.24) is 0 Å². The van der Waals surface area contributed by atoms with Crippen LogP contribution in [-0.4, -0.2) is 5.33 Å². The molecule has 0 radical (unpaired) electrons. The van der Waals surface area contributed by atoms with E-state index in [1.165, 1.54) is 22.9 Å². The van der Waals surface area contributed by atoms with Crippen molar-refractivity contribution in [2.75, 3.05) is 5.33 Å². The summed E-state index contributed by atoms with van der Waals surface area (Å²) >= 11 is 10.2. The summed E-state index contributed by atoms with van der Waals surface area (Å²) in [5.74, 6) is 0. The third kappa shape index (κ3) is 7.63. The number of aryl methyl sites for hydroxylation is 1. The second kappa shape index (κ2) is 10.6. The molecule has 0 bridgehead atoms. The minimum absolute atomic E-state index is 0. The van der Waals surface area contributed by atoms with Crippen LogP contribution in [0.3, 0.4) is 0 Å². The van der Waals surface area contributed by atoms with Crippen LogP contribution in [0.5, 0.6) is 0 Å².